The third-order valence-corrected chi connectivity index (χ3v) is 5.65. The van der Waals surface area contributed by atoms with Gasteiger partial charge in [0.25, 0.3) is 0 Å². The summed E-state index contributed by atoms with van der Waals surface area (Å²) in [5, 5.41) is 6.31. The molecule has 1 fully saturated rings. The molecule has 1 amide bonds. The lowest BCUT2D eigenvalue weighted by atomic mass is 10.1. The van der Waals surface area contributed by atoms with E-state index in [1.54, 1.807) is 0 Å². The molecular formula is C27H35N5O. The van der Waals surface area contributed by atoms with Gasteiger partial charge in [0.1, 0.15) is 0 Å². The number of hydrogen-bond donors (Lipinski definition) is 2. The van der Waals surface area contributed by atoms with E-state index in [4.69, 9.17) is 0 Å². The summed E-state index contributed by atoms with van der Waals surface area (Å²) in [5.41, 5.74) is 5.17. The number of carbonyl (C=O) groups is 1. The van der Waals surface area contributed by atoms with Gasteiger partial charge in [0, 0.05) is 48.0 Å². The molecule has 2 N–H and O–H groups in total. The minimum atomic E-state index is 0.0535. The van der Waals surface area contributed by atoms with Gasteiger partial charge in [0.15, 0.2) is 0 Å². The fourth-order valence-electron chi connectivity index (χ4n) is 3.99. The lowest BCUT2D eigenvalue weighted by molar-refractivity contribution is -0.116. The molecule has 33 heavy (non-hydrogen) atoms. The van der Waals surface area contributed by atoms with Crippen LogP contribution in [0, 0.1) is 0 Å². The summed E-state index contributed by atoms with van der Waals surface area (Å²) in [4.78, 5) is 21.1. The standard InChI is InChI=1S/C27H35N5O/c1-21(2)29-25-14-6-5-13-24(25)26(28-3)20-31(4)23-12-9-11-22(19-23)30-27(33)15-10-18-32-16-7-8-17-32/h5-6,9,11-14,19-20,29H,1,3,7-8,10,15-18H2,2,4H3,(H,30,33)/b26-20-. The molecule has 0 saturated carbocycles. The van der Waals surface area contributed by atoms with E-state index in [-0.39, 0.29) is 5.91 Å². The minimum absolute atomic E-state index is 0.0535. The van der Waals surface area contributed by atoms with Gasteiger partial charge in [-0.25, -0.2) is 0 Å². The maximum absolute atomic E-state index is 12.4. The van der Waals surface area contributed by atoms with Crippen molar-refractivity contribution in [2.75, 3.05) is 42.2 Å². The summed E-state index contributed by atoms with van der Waals surface area (Å²) in [6, 6.07) is 15.7. The van der Waals surface area contributed by atoms with Gasteiger partial charge in [-0.05, 0) is 76.8 Å². The largest absolute Gasteiger partial charge is 0.359 e. The Morgan fingerprint density at radius 3 is 2.64 bits per heavy atom. The van der Waals surface area contributed by atoms with E-state index < -0.39 is 0 Å². The Kier molecular flexibility index (Phi) is 8.84. The number of rotatable bonds is 11. The number of likely N-dealkylation sites (tertiary alicyclic amines) is 1. The first kappa shape index (κ1) is 24.3. The maximum atomic E-state index is 12.4. The van der Waals surface area contributed by atoms with Crippen LogP contribution < -0.4 is 15.5 Å². The highest BCUT2D eigenvalue weighted by Gasteiger charge is 2.12. The zero-order valence-corrected chi connectivity index (χ0v) is 19.8. The molecule has 0 aromatic heterocycles. The molecular weight excluding hydrogens is 410 g/mol. The molecule has 0 aliphatic carbocycles. The number of hydrogen-bond acceptors (Lipinski definition) is 5. The van der Waals surface area contributed by atoms with Crippen LogP contribution in [0.3, 0.4) is 0 Å². The van der Waals surface area contributed by atoms with Crippen LogP contribution in [-0.4, -0.2) is 44.2 Å². The van der Waals surface area contributed by atoms with Crippen LogP contribution in [0.15, 0.2) is 72.0 Å². The number of aliphatic imine (C=N–C) groups is 1. The summed E-state index contributed by atoms with van der Waals surface area (Å²) in [6.45, 7) is 12.9. The Morgan fingerprint density at radius 2 is 1.91 bits per heavy atom. The third-order valence-electron chi connectivity index (χ3n) is 5.65. The van der Waals surface area contributed by atoms with Crippen molar-refractivity contribution in [3.8, 4) is 0 Å². The highest BCUT2D eigenvalue weighted by atomic mass is 16.1. The Bertz CT molecular complexity index is 1010. The van der Waals surface area contributed by atoms with Crippen LogP contribution in [-0.2, 0) is 4.79 Å². The Labute approximate surface area is 197 Å². The van der Waals surface area contributed by atoms with Crippen LogP contribution in [0.1, 0.15) is 38.2 Å². The molecule has 0 radical (unpaired) electrons. The molecule has 2 aromatic rings. The fraction of sp³-hybridized carbons (Fsp3) is 0.333. The van der Waals surface area contributed by atoms with Crippen LogP contribution in [0.25, 0.3) is 5.70 Å². The predicted molar refractivity (Wildman–Crippen MR) is 141 cm³/mol. The van der Waals surface area contributed by atoms with Crippen molar-refractivity contribution < 1.29 is 4.79 Å². The van der Waals surface area contributed by atoms with Crippen LogP contribution in [0.4, 0.5) is 17.1 Å². The molecule has 6 heteroatoms. The van der Waals surface area contributed by atoms with E-state index in [9.17, 15) is 4.79 Å². The van der Waals surface area contributed by atoms with E-state index in [0.717, 1.165) is 47.0 Å². The summed E-state index contributed by atoms with van der Waals surface area (Å²) >= 11 is 0. The number of anilines is 3. The van der Waals surface area contributed by atoms with Crippen molar-refractivity contribution in [1.29, 1.82) is 0 Å². The molecule has 1 aliphatic rings. The van der Waals surface area contributed by atoms with Gasteiger partial charge < -0.3 is 20.4 Å². The summed E-state index contributed by atoms with van der Waals surface area (Å²) in [5.74, 6) is 0.0535. The smallest absolute Gasteiger partial charge is 0.224 e. The maximum Gasteiger partial charge on any atom is 0.224 e. The molecule has 2 aromatic carbocycles. The molecule has 1 aliphatic heterocycles. The fourth-order valence-corrected chi connectivity index (χ4v) is 3.99. The zero-order valence-electron chi connectivity index (χ0n) is 19.8. The van der Waals surface area contributed by atoms with Gasteiger partial charge in [-0.15, -0.1) is 0 Å². The lowest BCUT2D eigenvalue weighted by Gasteiger charge is -2.18. The Balaban J connectivity index is 1.66. The summed E-state index contributed by atoms with van der Waals surface area (Å²) in [7, 11) is 1.96. The summed E-state index contributed by atoms with van der Waals surface area (Å²) < 4.78 is 0. The van der Waals surface area contributed by atoms with E-state index in [1.165, 1.54) is 25.9 Å². The SMILES string of the molecule is C=N/C(=C\N(C)c1cccc(NC(=O)CCCN2CCCC2)c1)c1ccccc1NC(=C)C. The van der Waals surface area contributed by atoms with Gasteiger partial charge >= 0.3 is 0 Å². The number of allylic oxidation sites excluding steroid dienone is 1. The molecule has 1 saturated heterocycles. The van der Waals surface area contributed by atoms with E-state index >= 15 is 0 Å². The molecule has 6 nitrogen and oxygen atoms in total. The predicted octanol–water partition coefficient (Wildman–Crippen LogP) is 5.58. The number of nitrogens with zero attached hydrogens (tertiary/aromatic N) is 3. The van der Waals surface area contributed by atoms with E-state index in [1.807, 2.05) is 73.6 Å². The molecule has 0 spiro atoms. The van der Waals surface area contributed by atoms with Crippen molar-refractivity contribution in [3.63, 3.8) is 0 Å². The van der Waals surface area contributed by atoms with Crippen molar-refractivity contribution in [2.45, 2.75) is 32.6 Å². The van der Waals surface area contributed by atoms with E-state index in [2.05, 4.69) is 33.8 Å². The van der Waals surface area contributed by atoms with E-state index in [0.29, 0.717) is 6.42 Å². The average Bonchev–Trinajstić information content (AvgIpc) is 3.31. The van der Waals surface area contributed by atoms with Crippen molar-refractivity contribution in [3.05, 3.63) is 72.6 Å². The Morgan fingerprint density at radius 1 is 1.15 bits per heavy atom. The average molecular weight is 446 g/mol. The van der Waals surface area contributed by atoms with Gasteiger partial charge in [-0.2, -0.15) is 0 Å². The first-order valence-electron chi connectivity index (χ1n) is 11.5. The van der Waals surface area contributed by atoms with Crippen molar-refractivity contribution >= 4 is 35.4 Å². The second-order valence-electron chi connectivity index (χ2n) is 8.49. The minimum Gasteiger partial charge on any atom is -0.359 e. The third kappa shape index (κ3) is 7.32. The Hall–Kier alpha value is -3.38. The first-order valence-corrected chi connectivity index (χ1v) is 11.5. The molecule has 1 heterocycles. The topological polar surface area (TPSA) is 60.0 Å². The second-order valence-corrected chi connectivity index (χ2v) is 8.49. The number of para-hydroxylation sites is 1. The normalized spacial score (nSPS) is 14.1. The first-order chi connectivity index (χ1) is 16.0. The molecule has 0 bridgehead atoms. The van der Waals surface area contributed by atoms with Crippen LogP contribution >= 0.6 is 0 Å². The van der Waals surface area contributed by atoms with Gasteiger partial charge in [0.05, 0.1) is 5.70 Å². The monoisotopic (exact) mass is 445 g/mol. The van der Waals surface area contributed by atoms with Crippen LogP contribution in [0.2, 0.25) is 0 Å². The second kappa shape index (κ2) is 12.0. The highest BCUT2D eigenvalue weighted by molar-refractivity contribution is 5.91. The van der Waals surface area contributed by atoms with Gasteiger partial charge in [-0.3, -0.25) is 9.79 Å². The molecule has 0 atom stereocenters. The molecule has 0 unspecified atom stereocenters. The van der Waals surface area contributed by atoms with Crippen molar-refractivity contribution in [1.82, 2.24) is 4.90 Å². The van der Waals surface area contributed by atoms with Gasteiger partial charge in [0.2, 0.25) is 5.91 Å². The quantitative estimate of drug-likeness (QED) is 0.443. The summed E-state index contributed by atoms with van der Waals surface area (Å²) in [6.07, 6.45) is 5.91. The van der Waals surface area contributed by atoms with Crippen LogP contribution in [0.5, 0.6) is 0 Å². The van der Waals surface area contributed by atoms with Gasteiger partial charge in [-0.1, -0.05) is 30.8 Å². The molecule has 174 valence electrons. The highest BCUT2D eigenvalue weighted by Crippen LogP contribution is 2.27. The molecule has 3 rings (SSSR count). The van der Waals surface area contributed by atoms with Crippen molar-refractivity contribution in [2.24, 2.45) is 4.99 Å². The number of nitrogens with one attached hydrogen (secondary N) is 2. The lowest BCUT2D eigenvalue weighted by Crippen LogP contribution is -2.22. The number of benzene rings is 2. The number of carbonyl (C=O) groups excluding carboxylic acids is 1. The zero-order chi connectivity index (χ0) is 23.6. The number of amides is 1.